The third-order valence-corrected chi connectivity index (χ3v) is 2.42. The fourth-order valence-electron chi connectivity index (χ4n) is 1.25. The van der Waals surface area contributed by atoms with Crippen LogP contribution >= 0.6 is 0 Å². The second-order valence-corrected chi connectivity index (χ2v) is 4.66. The molecule has 0 aliphatic carbocycles. The minimum atomic E-state index is 0.363. The van der Waals surface area contributed by atoms with Gasteiger partial charge in [0.2, 0.25) is 0 Å². The quantitative estimate of drug-likeness (QED) is 0.579. The zero-order chi connectivity index (χ0) is 10.9. The summed E-state index contributed by atoms with van der Waals surface area (Å²) in [6, 6.07) is 0. The number of ether oxygens (including phenoxy) is 1. The Bertz CT molecular complexity index is 123. The number of nitrogens with one attached hydrogen (secondary N) is 1. The molecule has 0 unspecified atom stereocenters. The van der Waals surface area contributed by atoms with E-state index in [1.54, 1.807) is 0 Å². The van der Waals surface area contributed by atoms with Gasteiger partial charge in [-0.1, -0.05) is 34.1 Å². The van der Waals surface area contributed by atoms with Gasteiger partial charge in [0.05, 0.1) is 0 Å². The highest BCUT2D eigenvalue weighted by Gasteiger charge is 2.16. The van der Waals surface area contributed by atoms with Crippen LogP contribution in [0.15, 0.2) is 0 Å². The SMILES string of the molecule is CCCCOCCC(C)(C)CNCC. The highest BCUT2D eigenvalue weighted by atomic mass is 16.5. The van der Waals surface area contributed by atoms with Crippen LogP contribution in [0.3, 0.4) is 0 Å². The monoisotopic (exact) mass is 201 g/mol. The minimum Gasteiger partial charge on any atom is -0.381 e. The molecule has 1 N–H and O–H groups in total. The van der Waals surface area contributed by atoms with Crippen LogP contribution in [0.4, 0.5) is 0 Å². The minimum absolute atomic E-state index is 0.363. The number of rotatable bonds is 9. The fourth-order valence-corrected chi connectivity index (χ4v) is 1.25. The molecule has 14 heavy (non-hydrogen) atoms. The van der Waals surface area contributed by atoms with E-state index >= 15 is 0 Å². The van der Waals surface area contributed by atoms with Crippen molar-refractivity contribution >= 4 is 0 Å². The molecule has 86 valence electrons. The number of hydrogen-bond donors (Lipinski definition) is 1. The van der Waals surface area contributed by atoms with E-state index in [4.69, 9.17) is 4.74 Å². The fraction of sp³-hybridized carbons (Fsp3) is 1.00. The van der Waals surface area contributed by atoms with Gasteiger partial charge >= 0.3 is 0 Å². The largest absolute Gasteiger partial charge is 0.381 e. The topological polar surface area (TPSA) is 21.3 Å². The van der Waals surface area contributed by atoms with Gasteiger partial charge in [-0.3, -0.25) is 0 Å². The van der Waals surface area contributed by atoms with Crippen LogP contribution in [0.5, 0.6) is 0 Å². The van der Waals surface area contributed by atoms with Crippen molar-refractivity contribution in [3.05, 3.63) is 0 Å². The van der Waals surface area contributed by atoms with Gasteiger partial charge in [-0.15, -0.1) is 0 Å². The lowest BCUT2D eigenvalue weighted by Gasteiger charge is -2.24. The zero-order valence-corrected chi connectivity index (χ0v) is 10.4. The summed E-state index contributed by atoms with van der Waals surface area (Å²) >= 11 is 0. The summed E-state index contributed by atoms with van der Waals surface area (Å²) < 4.78 is 5.56. The molecule has 0 rings (SSSR count). The summed E-state index contributed by atoms with van der Waals surface area (Å²) in [6.45, 7) is 12.9. The van der Waals surface area contributed by atoms with Gasteiger partial charge in [-0.2, -0.15) is 0 Å². The van der Waals surface area contributed by atoms with Crippen molar-refractivity contribution in [1.29, 1.82) is 0 Å². The van der Waals surface area contributed by atoms with E-state index in [1.165, 1.54) is 12.8 Å². The van der Waals surface area contributed by atoms with E-state index in [1.807, 2.05) is 0 Å². The van der Waals surface area contributed by atoms with E-state index in [-0.39, 0.29) is 0 Å². The molecule has 0 aliphatic heterocycles. The first kappa shape index (κ1) is 13.9. The van der Waals surface area contributed by atoms with E-state index in [0.29, 0.717) is 5.41 Å². The van der Waals surface area contributed by atoms with Gasteiger partial charge in [0, 0.05) is 19.8 Å². The van der Waals surface area contributed by atoms with Crippen LogP contribution in [0, 0.1) is 5.41 Å². The van der Waals surface area contributed by atoms with Gasteiger partial charge in [0.1, 0.15) is 0 Å². The Morgan fingerprint density at radius 1 is 1.14 bits per heavy atom. The second kappa shape index (κ2) is 8.25. The maximum absolute atomic E-state index is 5.56. The maximum Gasteiger partial charge on any atom is 0.0471 e. The van der Waals surface area contributed by atoms with Crippen molar-refractivity contribution in [3.63, 3.8) is 0 Å². The van der Waals surface area contributed by atoms with E-state index in [0.717, 1.165) is 32.7 Å². The first-order valence-corrected chi connectivity index (χ1v) is 5.91. The summed E-state index contributed by atoms with van der Waals surface area (Å²) in [5.41, 5.74) is 0.363. The molecule has 0 aromatic heterocycles. The molecule has 0 atom stereocenters. The second-order valence-electron chi connectivity index (χ2n) is 4.66. The molecule has 0 radical (unpaired) electrons. The zero-order valence-electron chi connectivity index (χ0n) is 10.4. The van der Waals surface area contributed by atoms with Crippen LogP contribution < -0.4 is 5.32 Å². The first-order chi connectivity index (χ1) is 6.62. The number of hydrogen-bond acceptors (Lipinski definition) is 2. The molecule has 2 heteroatoms. The lowest BCUT2D eigenvalue weighted by molar-refractivity contribution is 0.101. The molecule has 0 amide bonds. The molecule has 0 fully saturated rings. The van der Waals surface area contributed by atoms with Crippen molar-refractivity contribution in [2.45, 2.75) is 47.0 Å². The molecule has 0 aromatic rings. The molecular formula is C12H27NO. The molecule has 0 spiro atoms. The Kier molecular flexibility index (Phi) is 8.20. The Hall–Kier alpha value is -0.0800. The predicted octanol–water partition coefficient (Wildman–Crippen LogP) is 2.83. The lowest BCUT2D eigenvalue weighted by Crippen LogP contribution is -2.30. The Morgan fingerprint density at radius 3 is 2.43 bits per heavy atom. The van der Waals surface area contributed by atoms with Crippen molar-refractivity contribution in [3.8, 4) is 0 Å². The summed E-state index contributed by atoms with van der Waals surface area (Å²) in [4.78, 5) is 0. The molecule has 0 saturated heterocycles. The molecule has 2 nitrogen and oxygen atoms in total. The van der Waals surface area contributed by atoms with Crippen LogP contribution in [0.25, 0.3) is 0 Å². The van der Waals surface area contributed by atoms with Gasteiger partial charge < -0.3 is 10.1 Å². The summed E-state index contributed by atoms with van der Waals surface area (Å²) in [6.07, 6.45) is 3.55. The maximum atomic E-state index is 5.56. The van der Waals surface area contributed by atoms with E-state index in [9.17, 15) is 0 Å². The average molecular weight is 201 g/mol. The van der Waals surface area contributed by atoms with Crippen LogP contribution in [-0.2, 0) is 4.74 Å². The van der Waals surface area contributed by atoms with Crippen molar-refractivity contribution < 1.29 is 4.74 Å². The van der Waals surface area contributed by atoms with Gasteiger partial charge in [-0.25, -0.2) is 0 Å². The van der Waals surface area contributed by atoms with Crippen molar-refractivity contribution in [2.75, 3.05) is 26.3 Å². The van der Waals surface area contributed by atoms with E-state index < -0.39 is 0 Å². The summed E-state index contributed by atoms with van der Waals surface area (Å²) in [5.74, 6) is 0. The smallest absolute Gasteiger partial charge is 0.0471 e. The summed E-state index contributed by atoms with van der Waals surface area (Å²) in [7, 11) is 0. The Labute approximate surface area is 89.4 Å². The third kappa shape index (κ3) is 8.52. The van der Waals surface area contributed by atoms with Gasteiger partial charge in [0.25, 0.3) is 0 Å². The highest BCUT2D eigenvalue weighted by Crippen LogP contribution is 2.18. The van der Waals surface area contributed by atoms with E-state index in [2.05, 4.69) is 33.0 Å². The summed E-state index contributed by atoms with van der Waals surface area (Å²) in [5, 5.41) is 3.39. The highest BCUT2D eigenvalue weighted by molar-refractivity contribution is 4.70. The molecule has 0 bridgehead atoms. The van der Waals surface area contributed by atoms with Crippen molar-refractivity contribution in [1.82, 2.24) is 5.32 Å². The lowest BCUT2D eigenvalue weighted by atomic mass is 9.90. The molecule has 0 aromatic carbocycles. The van der Waals surface area contributed by atoms with Crippen molar-refractivity contribution in [2.24, 2.45) is 5.41 Å². The molecule has 0 heterocycles. The Balaban J connectivity index is 3.35. The van der Waals surface area contributed by atoms with Crippen LogP contribution in [-0.4, -0.2) is 26.3 Å². The Morgan fingerprint density at radius 2 is 1.86 bits per heavy atom. The normalized spacial score (nSPS) is 12.0. The van der Waals surface area contributed by atoms with Crippen LogP contribution in [0.2, 0.25) is 0 Å². The third-order valence-electron chi connectivity index (χ3n) is 2.42. The van der Waals surface area contributed by atoms with Gasteiger partial charge in [-0.05, 0) is 24.8 Å². The standard InChI is InChI=1S/C12H27NO/c1-5-7-9-14-10-8-12(3,4)11-13-6-2/h13H,5-11H2,1-4H3. The molecule has 0 aliphatic rings. The number of unbranched alkanes of at least 4 members (excludes halogenated alkanes) is 1. The molecular weight excluding hydrogens is 174 g/mol. The molecule has 0 saturated carbocycles. The average Bonchev–Trinajstić information content (AvgIpc) is 2.15. The predicted molar refractivity (Wildman–Crippen MR) is 62.7 cm³/mol. The first-order valence-electron chi connectivity index (χ1n) is 5.91. The van der Waals surface area contributed by atoms with Gasteiger partial charge in [0.15, 0.2) is 0 Å². The van der Waals surface area contributed by atoms with Crippen LogP contribution in [0.1, 0.15) is 47.0 Å².